The van der Waals surface area contributed by atoms with E-state index in [0.717, 1.165) is 48.6 Å². The largest absolute Gasteiger partial charge is 0.474 e. The molecule has 2 aliphatic rings. The van der Waals surface area contributed by atoms with Crippen LogP contribution in [0.25, 0.3) is 33.2 Å². The maximum atomic E-state index is 10.7. The van der Waals surface area contributed by atoms with Crippen LogP contribution in [0.15, 0.2) is 36.7 Å². The SMILES string of the molecule is Nc1ncnc2c1c(-c1ccc3nc(OC4CC4)ccc3c1)nn2CC1(O)CCC1. The van der Waals surface area contributed by atoms with Gasteiger partial charge in [-0.2, -0.15) is 5.10 Å². The smallest absolute Gasteiger partial charge is 0.214 e. The molecule has 3 heterocycles. The van der Waals surface area contributed by atoms with Crippen LogP contribution in [0.5, 0.6) is 5.88 Å². The zero-order valence-corrected chi connectivity index (χ0v) is 16.5. The van der Waals surface area contributed by atoms with Gasteiger partial charge in [0, 0.05) is 17.0 Å². The van der Waals surface area contributed by atoms with E-state index in [1.807, 2.05) is 30.3 Å². The molecule has 6 rings (SSSR count). The van der Waals surface area contributed by atoms with E-state index in [0.29, 0.717) is 41.1 Å². The van der Waals surface area contributed by atoms with E-state index in [4.69, 9.17) is 15.6 Å². The molecule has 0 atom stereocenters. The van der Waals surface area contributed by atoms with E-state index in [9.17, 15) is 5.11 Å². The fraction of sp³-hybridized carbons (Fsp3) is 0.364. The summed E-state index contributed by atoms with van der Waals surface area (Å²) in [6, 6.07) is 9.91. The Kier molecular flexibility index (Phi) is 3.73. The van der Waals surface area contributed by atoms with Crippen molar-refractivity contribution in [3.05, 3.63) is 36.7 Å². The number of nitrogen functional groups attached to an aromatic ring is 1. The molecule has 8 nitrogen and oxygen atoms in total. The van der Waals surface area contributed by atoms with Crippen molar-refractivity contribution in [2.75, 3.05) is 5.73 Å². The summed E-state index contributed by atoms with van der Waals surface area (Å²) in [4.78, 5) is 13.2. The van der Waals surface area contributed by atoms with E-state index >= 15 is 0 Å². The fourth-order valence-corrected chi connectivity index (χ4v) is 4.04. The monoisotopic (exact) mass is 402 g/mol. The van der Waals surface area contributed by atoms with E-state index in [-0.39, 0.29) is 0 Å². The third-order valence-electron chi connectivity index (χ3n) is 6.04. The Hall–Kier alpha value is -3.26. The van der Waals surface area contributed by atoms with Crippen LogP contribution in [-0.2, 0) is 6.54 Å². The molecule has 2 aliphatic carbocycles. The van der Waals surface area contributed by atoms with E-state index in [2.05, 4.69) is 15.0 Å². The molecule has 0 unspecified atom stereocenters. The highest BCUT2D eigenvalue weighted by Gasteiger charge is 2.36. The number of hydrogen-bond donors (Lipinski definition) is 2. The first-order valence-electron chi connectivity index (χ1n) is 10.4. The second kappa shape index (κ2) is 6.37. The molecule has 2 saturated carbocycles. The molecule has 3 N–H and O–H groups in total. The maximum absolute atomic E-state index is 10.7. The number of nitrogens with zero attached hydrogens (tertiary/aromatic N) is 5. The molecule has 8 heteroatoms. The summed E-state index contributed by atoms with van der Waals surface area (Å²) in [7, 11) is 0. The number of anilines is 1. The second-order valence-electron chi connectivity index (χ2n) is 8.42. The summed E-state index contributed by atoms with van der Waals surface area (Å²) in [6.07, 6.45) is 6.55. The third kappa shape index (κ3) is 2.95. The number of rotatable bonds is 5. The second-order valence-corrected chi connectivity index (χ2v) is 8.42. The highest BCUT2D eigenvalue weighted by atomic mass is 16.5. The Morgan fingerprint density at radius 3 is 2.80 bits per heavy atom. The molecule has 30 heavy (non-hydrogen) atoms. The van der Waals surface area contributed by atoms with Gasteiger partial charge in [-0.15, -0.1) is 0 Å². The van der Waals surface area contributed by atoms with Crippen molar-refractivity contribution in [1.29, 1.82) is 0 Å². The molecule has 0 spiro atoms. The van der Waals surface area contributed by atoms with Gasteiger partial charge in [0.25, 0.3) is 0 Å². The molecule has 3 aromatic heterocycles. The molecule has 4 aromatic rings. The lowest BCUT2D eigenvalue weighted by molar-refractivity contribution is -0.0489. The Morgan fingerprint density at radius 2 is 2.03 bits per heavy atom. The lowest BCUT2D eigenvalue weighted by Gasteiger charge is -2.36. The van der Waals surface area contributed by atoms with Gasteiger partial charge in [0.05, 0.1) is 23.0 Å². The van der Waals surface area contributed by atoms with Crippen LogP contribution < -0.4 is 10.5 Å². The molecule has 0 bridgehead atoms. The Labute approximate surface area is 172 Å². The number of pyridine rings is 1. The number of aliphatic hydroxyl groups is 1. The average molecular weight is 402 g/mol. The predicted octanol–water partition coefficient (Wildman–Crippen LogP) is 3.08. The van der Waals surface area contributed by atoms with Crippen molar-refractivity contribution < 1.29 is 9.84 Å². The normalized spacial score (nSPS) is 17.9. The number of hydrogen-bond acceptors (Lipinski definition) is 7. The molecule has 1 aromatic carbocycles. The zero-order valence-electron chi connectivity index (χ0n) is 16.5. The Balaban J connectivity index is 1.44. The lowest BCUT2D eigenvalue weighted by Crippen LogP contribution is -2.41. The number of nitrogens with two attached hydrogens (primary N) is 1. The van der Waals surface area contributed by atoms with Crippen LogP contribution >= 0.6 is 0 Å². The Morgan fingerprint density at radius 1 is 1.17 bits per heavy atom. The Bertz CT molecular complexity index is 1280. The number of ether oxygens (including phenoxy) is 1. The van der Waals surface area contributed by atoms with Crippen LogP contribution in [0, 0.1) is 0 Å². The summed E-state index contributed by atoms with van der Waals surface area (Å²) in [6.45, 7) is 0.400. The maximum Gasteiger partial charge on any atom is 0.214 e. The van der Waals surface area contributed by atoms with Crippen molar-refractivity contribution in [2.24, 2.45) is 0 Å². The van der Waals surface area contributed by atoms with Gasteiger partial charge in [-0.1, -0.05) is 6.07 Å². The van der Waals surface area contributed by atoms with Crippen LogP contribution in [0.1, 0.15) is 32.1 Å². The van der Waals surface area contributed by atoms with E-state index in [1.165, 1.54) is 6.33 Å². The van der Waals surface area contributed by atoms with Gasteiger partial charge in [0.1, 0.15) is 23.9 Å². The summed E-state index contributed by atoms with van der Waals surface area (Å²) < 4.78 is 7.56. The highest BCUT2D eigenvalue weighted by molar-refractivity contribution is 5.99. The molecule has 0 amide bonds. The molecular formula is C22H22N6O2. The van der Waals surface area contributed by atoms with Crippen LogP contribution in [-0.4, -0.2) is 41.5 Å². The van der Waals surface area contributed by atoms with Crippen molar-refractivity contribution in [2.45, 2.75) is 50.4 Å². The molecule has 0 saturated heterocycles. The molecule has 2 fully saturated rings. The topological polar surface area (TPSA) is 112 Å². The highest BCUT2D eigenvalue weighted by Crippen LogP contribution is 2.36. The third-order valence-corrected chi connectivity index (χ3v) is 6.04. The van der Waals surface area contributed by atoms with Gasteiger partial charge in [-0.05, 0) is 50.3 Å². The molecule has 0 aliphatic heterocycles. The quantitative estimate of drug-likeness (QED) is 0.527. The minimum atomic E-state index is -0.721. The fourth-order valence-electron chi connectivity index (χ4n) is 4.04. The van der Waals surface area contributed by atoms with Gasteiger partial charge >= 0.3 is 0 Å². The minimum absolute atomic E-state index is 0.318. The van der Waals surface area contributed by atoms with Gasteiger partial charge in [-0.25, -0.2) is 19.6 Å². The van der Waals surface area contributed by atoms with Crippen LogP contribution in [0.3, 0.4) is 0 Å². The van der Waals surface area contributed by atoms with Crippen LogP contribution in [0.2, 0.25) is 0 Å². The number of benzene rings is 1. The van der Waals surface area contributed by atoms with E-state index < -0.39 is 5.60 Å². The number of fused-ring (bicyclic) bond motifs is 2. The average Bonchev–Trinajstić information content (AvgIpc) is 3.46. The van der Waals surface area contributed by atoms with Gasteiger partial charge < -0.3 is 15.6 Å². The van der Waals surface area contributed by atoms with Gasteiger partial charge in [-0.3, -0.25) is 0 Å². The van der Waals surface area contributed by atoms with Gasteiger partial charge in [0.2, 0.25) is 5.88 Å². The van der Waals surface area contributed by atoms with Crippen molar-refractivity contribution >= 4 is 27.8 Å². The molecule has 152 valence electrons. The van der Waals surface area contributed by atoms with Crippen molar-refractivity contribution in [1.82, 2.24) is 24.7 Å². The molecule has 0 radical (unpaired) electrons. The first-order valence-corrected chi connectivity index (χ1v) is 10.4. The predicted molar refractivity (Wildman–Crippen MR) is 113 cm³/mol. The number of aromatic nitrogens is 5. The summed E-state index contributed by atoms with van der Waals surface area (Å²) in [5.41, 5.74) is 8.62. The lowest BCUT2D eigenvalue weighted by atomic mass is 9.80. The minimum Gasteiger partial charge on any atom is -0.474 e. The van der Waals surface area contributed by atoms with Crippen LogP contribution in [0.4, 0.5) is 5.82 Å². The standard InChI is InChI=1S/C22H22N6O2/c23-20-18-19(27-28(21(18)25-12-24-20)11-22(29)8-1-9-22)14-2-6-16-13(10-14)3-7-17(26-16)30-15-4-5-15/h2-3,6-7,10,12,15,29H,1,4-5,8-9,11H2,(H2,23,24,25). The van der Waals surface area contributed by atoms with Crippen molar-refractivity contribution in [3.63, 3.8) is 0 Å². The van der Waals surface area contributed by atoms with E-state index in [1.54, 1.807) is 4.68 Å². The zero-order chi connectivity index (χ0) is 20.3. The molecular weight excluding hydrogens is 380 g/mol. The van der Waals surface area contributed by atoms with Gasteiger partial charge in [0.15, 0.2) is 5.65 Å². The first kappa shape index (κ1) is 17.6. The summed E-state index contributed by atoms with van der Waals surface area (Å²) in [5, 5.41) is 17.1. The van der Waals surface area contributed by atoms with Crippen molar-refractivity contribution in [3.8, 4) is 17.1 Å². The summed E-state index contributed by atoms with van der Waals surface area (Å²) in [5.74, 6) is 1.05. The first-order chi connectivity index (χ1) is 14.6. The summed E-state index contributed by atoms with van der Waals surface area (Å²) >= 11 is 0.